The summed E-state index contributed by atoms with van der Waals surface area (Å²) in [7, 11) is 3.48. The number of aliphatic hydroxyl groups is 4. The fourth-order valence-electron chi connectivity index (χ4n) is 17.9. The van der Waals surface area contributed by atoms with Crippen LogP contribution >= 0.6 is 0 Å². The van der Waals surface area contributed by atoms with Crippen LogP contribution < -0.4 is 4.90 Å². The molecule has 6 heterocycles. The predicted octanol–water partition coefficient (Wildman–Crippen LogP) is 3.51. The number of hydrogen-bond acceptors (Lipinski definition) is 11. The summed E-state index contributed by atoms with van der Waals surface area (Å²) in [5, 5.41) is 50.6. The van der Waals surface area contributed by atoms with E-state index in [4.69, 9.17) is 14.2 Å². The average molecular weight is 802 g/mol. The second kappa shape index (κ2) is 12.1. The molecule has 0 unspecified atom stereocenters. The lowest BCUT2D eigenvalue weighted by Crippen LogP contribution is -2.83. The van der Waals surface area contributed by atoms with Crippen LogP contribution in [0.3, 0.4) is 0 Å². The molecule has 4 N–H and O–H groups in total. The highest BCUT2D eigenvalue weighted by Gasteiger charge is 2.83. The fourth-order valence-corrected chi connectivity index (χ4v) is 17.9. The molecule has 12 rings (SSSR count). The maximum atomic E-state index is 14.6. The lowest BCUT2D eigenvalue weighted by atomic mass is 9.41. The Morgan fingerprint density at radius 1 is 1.00 bits per heavy atom. The number of para-hydroxylation sites is 1. The first kappa shape index (κ1) is 37.9. The molecule has 11 aliphatic rings. The Balaban J connectivity index is 0.871. The molecule has 1 spiro atoms. The molecule has 6 aliphatic heterocycles. The molecule has 18 atom stereocenters. The summed E-state index contributed by atoms with van der Waals surface area (Å²) in [6.07, 6.45) is 6.02. The number of carbonyl (C=O) groups is 3. The van der Waals surface area contributed by atoms with Crippen molar-refractivity contribution in [2.24, 2.45) is 46.3 Å². The van der Waals surface area contributed by atoms with Crippen molar-refractivity contribution in [3.05, 3.63) is 41.5 Å². The van der Waals surface area contributed by atoms with Crippen molar-refractivity contribution in [2.75, 3.05) is 32.2 Å². The number of carbonyl (C=O) groups excluding carboxylic acids is 3. The van der Waals surface area contributed by atoms with Crippen molar-refractivity contribution in [2.45, 2.75) is 144 Å². The molecule has 58 heavy (non-hydrogen) atoms. The Kier molecular flexibility index (Phi) is 7.90. The van der Waals surface area contributed by atoms with Crippen molar-refractivity contribution in [3.8, 4) is 0 Å². The smallest absolute Gasteiger partial charge is 0.362 e. The van der Waals surface area contributed by atoms with Crippen LogP contribution in [0.1, 0.15) is 96.5 Å². The Hall–Kier alpha value is -3.03. The van der Waals surface area contributed by atoms with E-state index in [1.54, 1.807) is 6.08 Å². The van der Waals surface area contributed by atoms with Gasteiger partial charge in [-0.3, -0.25) is 9.28 Å². The molecular weight excluding hydrogens is 741 g/mol. The number of methoxy groups -OCH3 is 1. The minimum Gasteiger partial charge on any atom is -0.468 e. The Morgan fingerprint density at radius 2 is 1.78 bits per heavy atom. The molecule has 314 valence electrons. The first-order valence-electron chi connectivity index (χ1n) is 22.3. The summed E-state index contributed by atoms with van der Waals surface area (Å²) in [5.41, 5.74) is -1.55. The third kappa shape index (κ3) is 4.14. The number of anilines is 1. The number of likely N-dealkylation sites (N-methyl/N-ethyl adjacent to an activating group) is 1. The van der Waals surface area contributed by atoms with E-state index in [0.29, 0.717) is 38.5 Å². The highest BCUT2D eigenvalue weighted by Crippen LogP contribution is 2.73. The Labute approximate surface area is 340 Å². The maximum Gasteiger partial charge on any atom is 0.362 e. The molecule has 5 saturated carbocycles. The fraction of sp³-hybridized carbons (Fsp3) is 0.761. The number of cyclic esters (lactones) is 1. The summed E-state index contributed by atoms with van der Waals surface area (Å²) in [6.45, 7) is 4.49. The van der Waals surface area contributed by atoms with Crippen LogP contribution in [0, 0.1) is 46.3 Å². The summed E-state index contributed by atoms with van der Waals surface area (Å²) in [6, 6.07) is 8.21. The van der Waals surface area contributed by atoms with Crippen molar-refractivity contribution in [3.63, 3.8) is 0 Å². The third-order valence-electron chi connectivity index (χ3n) is 19.9. The molecule has 9 fully saturated rings. The largest absolute Gasteiger partial charge is 0.468 e. The van der Waals surface area contributed by atoms with E-state index in [0.717, 1.165) is 30.5 Å². The van der Waals surface area contributed by atoms with Gasteiger partial charge in [0, 0.05) is 55.3 Å². The minimum absolute atomic E-state index is 0.00132. The molecule has 0 amide bonds. The maximum absolute atomic E-state index is 14.6. The number of rotatable bonds is 6. The molecule has 4 saturated heterocycles. The van der Waals surface area contributed by atoms with E-state index in [-0.39, 0.29) is 96.5 Å². The van der Waals surface area contributed by atoms with E-state index < -0.39 is 57.8 Å². The van der Waals surface area contributed by atoms with Gasteiger partial charge in [-0.2, -0.15) is 0 Å². The average Bonchev–Trinajstić information content (AvgIpc) is 3.89. The topological polar surface area (TPSA) is 163 Å². The van der Waals surface area contributed by atoms with Crippen LogP contribution in [0.4, 0.5) is 5.69 Å². The zero-order valence-corrected chi connectivity index (χ0v) is 34.3. The van der Waals surface area contributed by atoms with Gasteiger partial charge in [-0.25, -0.2) is 9.59 Å². The predicted molar refractivity (Wildman–Crippen MR) is 208 cm³/mol. The number of piperidine rings is 4. The van der Waals surface area contributed by atoms with E-state index in [1.807, 2.05) is 6.07 Å². The standard InChI is InChI=1S/C46H61N2O10/c1-5-26-27-19-33-38-44(31-8-6-7-9-32(31)47(38)3)21-34(37(27)39(44)51)48(33,40(26)52)22-36(50)58-25-10-16-45(41(53)56-4)29-11-14-42(2)28(24-18-35(49)57-23-24)13-17-46(42,55)30(29)12-15-43(45,54)20-25/h6-9,18,25-30,33-34,37-40,51-52,54-55H,5,10-17,19-23H2,1-4H3/q+1/t25-,26-,27-,28+,29+,30+,33-,34-,37-,38-,39+,40+,42+,43-,44+,45+,46-,48+/m0/s1. The van der Waals surface area contributed by atoms with Gasteiger partial charge in [-0.05, 0) is 98.7 Å². The molecule has 1 aromatic carbocycles. The van der Waals surface area contributed by atoms with Crippen LogP contribution in [0.2, 0.25) is 0 Å². The van der Waals surface area contributed by atoms with E-state index >= 15 is 0 Å². The third-order valence-corrected chi connectivity index (χ3v) is 19.9. The van der Waals surface area contributed by atoms with E-state index in [9.17, 15) is 34.8 Å². The Morgan fingerprint density at radius 3 is 2.52 bits per heavy atom. The molecule has 5 aliphatic carbocycles. The van der Waals surface area contributed by atoms with Crippen LogP contribution in [-0.2, 0) is 34.0 Å². The summed E-state index contributed by atoms with van der Waals surface area (Å²) < 4.78 is 17.5. The number of hydrogen-bond donors (Lipinski definition) is 4. The second-order valence-electron chi connectivity index (χ2n) is 20.9. The van der Waals surface area contributed by atoms with Gasteiger partial charge in [0.15, 0.2) is 12.8 Å². The molecule has 1 aromatic rings. The van der Waals surface area contributed by atoms with E-state index in [2.05, 4.69) is 44.0 Å². The van der Waals surface area contributed by atoms with Crippen molar-refractivity contribution in [1.82, 2.24) is 0 Å². The number of benzene rings is 1. The minimum atomic E-state index is -1.50. The first-order valence-corrected chi connectivity index (χ1v) is 22.3. The number of ether oxygens (including phenoxy) is 3. The highest BCUT2D eigenvalue weighted by molar-refractivity contribution is 5.85. The molecule has 0 radical (unpaired) electrons. The van der Waals surface area contributed by atoms with Gasteiger partial charge in [0.2, 0.25) is 0 Å². The van der Waals surface area contributed by atoms with Gasteiger partial charge < -0.3 is 39.5 Å². The quantitative estimate of drug-likeness (QED) is 0.189. The normalized spacial score (nSPS) is 52.6. The summed E-state index contributed by atoms with van der Waals surface area (Å²) >= 11 is 0. The van der Waals surface area contributed by atoms with Gasteiger partial charge in [0.25, 0.3) is 0 Å². The van der Waals surface area contributed by atoms with Crippen molar-refractivity contribution in [1.29, 1.82) is 0 Å². The molecule has 5 bridgehead atoms. The number of fused-ring (bicyclic) bond motifs is 7. The van der Waals surface area contributed by atoms with Gasteiger partial charge in [-0.1, -0.05) is 32.0 Å². The lowest BCUT2D eigenvalue weighted by molar-refractivity contribution is -1.03. The van der Waals surface area contributed by atoms with Crippen LogP contribution in [0.5, 0.6) is 0 Å². The zero-order valence-electron chi connectivity index (χ0n) is 34.3. The van der Waals surface area contributed by atoms with Crippen LogP contribution in [-0.4, -0.2) is 118 Å². The van der Waals surface area contributed by atoms with Crippen molar-refractivity contribution < 1.29 is 53.5 Å². The van der Waals surface area contributed by atoms with Gasteiger partial charge >= 0.3 is 17.9 Å². The number of aliphatic hydroxyl groups excluding tert-OH is 2. The van der Waals surface area contributed by atoms with Gasteiger partial charge in [-0.15, -0.1) is 0 Å². The van der Waals surface area contributed by atoms with Gasteiger partial charge in [0.1, 0.15) is 18.8 Å². The molecule has 12 nitrogen and oxygen atoms in total. The number of esters is 3. The summed E-state index contributed by atoms with van der Waals surface area (Å²) in [4.78, 5) is 43.2. The monoisotopic (exact) mass is 801 g/mol. The van der Waals surface area contributed by atoms with Gasteiger partial charge in [0.05, 0.1) is 47.3 Å². The van der Waals surface area contributed by atoms with Crippen molar-refractivity contribution >= 4 is 23.6 Å². The second-order valence-corrected chi connectivity index (χ2v) is 20.9. The molecule has 0 aromatic heterocycles. The molecular formula is C46H61N2O10+. The van der Waals surface area contributed by atoms with Crippen LogP contribution in [0.25, 0.3) is 0 Å². The van der Waals surface area contributed by atoms with Crippen LogP contribution in [0.15, 0.2) is 35.9 Å². The van der Waals surface area contributed by atoms with E-state index in [1.165, 1.54) is 12.7 Å². The summed E-state index contributed by atoms with van der Waals surface area (Å²) in [5.74, 6) is -1.64. The molecule has 12 heteroatoms. The SMILES string of the molecule is CC[C@H]1[C@@H]2C[C@H]3[C@@H]4N(C)c5ccccc5[C@]45C[C@@H]([C@H]2[C@H]5O)[N@+]3(CC(=O)O[C@H]2CC[C@]3(C(=O)OC)[C@@H]4CC[C@]5(C)[C@@H](C6=CC(=O)OC6)CC[C@]5(O)[C@@H]4CC[C@]3(O)C2)[C@@H]1O. The number of nitrogens with zero attached hydrogens (tertiary/aromatic N) is 2. The Bertz CT molecular complexity index is 2010. The number of quaternary nitrogens is 1. The lowest BCUT2D eigenvalue weighted by Gasteiger charge is -2.67. The first-order chi connectivity index (χ1) is 27.7. The highest BCUT2D eigenvalue weighted by atomic mass is 16.6. The zero-order chi connectivity index (χ0) is 40.5.